The summed E-state index contributed by atoms with van der Waals surface area (Å²) in [4.78, 5) is 12.4. The topological polar surface area (TPSA) is 64.4 Å². The van der Waals surface area contributed by atoms with Crippen molar-refractivity contribution in [3.63, 3.8) is 0 Å². The van der Waals surface area contributed by atoms with E-state index in [1.165, 1.54) is 7.11 Å². The highest BCUT2D eigenvalue weighted by Crippen LogP contribution is 2.31. The van der Waals surface area contributed by atoms with Crippen LogP contribution in [0.25, 0.3) is 11.0 Å². The molecule has 0 fully saturated rings. The molecule has 0 unspecified atom stereocenters. The maximum atomic E-state index is 12.4. The van der Waals surface area contributed by atoms with Gasteiger partial charge in [0.2, 0.25) is 5.91 Å². The van der Waals surface area contributed by atoms with Crippen LogP contribution in [0.5, 0.6) is 5.75 Å². The minimum atomic E-state index is -0.202. The van der Waals surface area contributed by atoms with Gasteiger partial charge in [-0.3, -0.25) is 4.79 Å². The lowest BCUT2D eigenvalue weighted by Crippen LogP contribution is -2.15. The smallest absolute Gasteiger partial charge is 0.230 e. The summed E-state index contributed by atoms with van der Waals surface area (Å²) in [6.07, 6.45) is 0.112. The molecule has 3 rings (SSSR count). The van der Waals surface area contributed by atoms with Crippen molar-refractivity contribution in [3.05, 3.63) is 52.2 Å². The van der Waals surface area contributed by atoms with Gasteiger partial charge in [0, 0.05) is 16.5 Å². The van der Waals surface area contributed by atoms with Gasteiger partial charge < -0.3 is 14.6 Å². The molecule has 1 N–H and O–H groups in total. The van der Waals surface area contributed by atoms with Gasteiger partial charge in [0.25, 0.3) is 0 Å². The molecule has 0 aliphatic carbocycles. The zero-order valence-corrected chi connectivity index (χ0v) is 14.4. The number of aryl methyl sites for hydroxylation is 2. The second kappa shape index (κ2) is 6.53. The Morgan fingerprint density at radius 3 is 2.83 bits per heavy atom. The van der Waals surface area contributed by atoms with Crippen molar-refractivity contribution in [1.82, 2.24) is 5.16 Å². The van der Waals surface area contributed by atoms with Gasteiger partial charge in [-0.15, -0.1) is 0 Å². The number of ether oxygens (including phenoxy) is 1. The molecule has 1 amide bonds. The first-order valence-corrected chi connectivity index (χ1v) is 7.84. The zero-order chi connectivity index (χ0) is 17.3. The molecule has 124 valence electrons. The summed E-state index contributed by atoms with van der Waals surface area (Å²) in [7, 11) is 1.53. The second-order valence-electron chi connectivity index (χ2n) is 5.66. The van der Waals surface area contributed by atoms with E-state index in [9.17, 15) is 4.79 Å². The fraction of sp³-hybridized carbons (Fsp3) is 0.222. The van der Waals surface area contributed by atoms with Crippen molar-refractivity contribution in [2.24, 2.45) is 0 Å². The average Bonchev–Trinajstić information content (AvgIpc) is 2.92. The molecule has 1 heterocycles. The number of aromatic nitrogens is 1. The molecule has 24 heavy (non-hydrogen) atoms. The Bertz CT molecular complexity index is 918. The molecule has 5 nitrogen and oxygen atoms in total. The van der Waals surface area contributed by atoms with E-state index in [-0.39, 0.29) is 12.3 Å². The lowest BCUT2D eigenvalue weighted by Gasteiger charge is -2.12. The summed E-state index contributed by atoms with van der Waals surface area (Å²) in [5.41, 5.74) is 3.80. The van der Waals surface area contributed by atoms with E-state index in [4.69, 9.17) is 20.9 Å². The fourth-order valence-corrected chi connectivity index (χ4v) is 2.66. The fourth-order valence-electron chi connectivity index (χ4n) is 2.51. The van der Waals surface area contributed by atoms with Crippen LogP contribution in [0.15, 0.2) is 34.9 Å². The maximum absolute atomic E-state index is 12.4. The van der Waals surface area contributed by atoms with E-state index in [0.717, 1.165) is 16.5 Å². The normalized spacial score (nSPS) is 10.8. The Morgan fingerprint density at radius 1 is 1.29 bits per heavy atom. The van der Waals surface area contributed by atoms with E-state index in [2.05, 4.69) is 10.5 Å². The Morgan fingerprint density at radius 2 is 2.08 bits per heavy atom. The third-order valence-electron chi connectivity index (χ3n) is 3.78. The SMILES string of the molecule is COc1cc(Cl)c(C)cc1NC(=O)Cc1noc2ccc(C)cc12. The number of carbonyl (C=O) groups is 1. The van der Waals surface area contributed by atoms with Gasteiger partial charge in [-0.25, -0.2) is 0 Å². The summed E-state index contributed by atoms with van der Waals surface area (Å²) < 4.78 is 10.5. The minimum Gasteiger partial charge on any atom is -0.495 e. The summed E-state index contributed by atoms with van der Waals surface area (Å²) in [6.45, 7) is 3.85. The van der Waals surface area contributed by atoms with Crippen molar-refractivity contribution in [2.75, 3.05) is 12.4 Å². The van der Waals surface area contributed by atoms with Crippen LogP contribution in [0.3, 0.4) is 0 Å². The van der Waals surface area contributed by atoms with Crippen molar-refractivity contribution in [3.8, 4) is 5.75 Å². The van der Waals surface area contributed by atoms with E-state index < -0.39 is 0 Å². The van der Waals surface area contributed by atoms with Crippen LogP contribution < -0.4 is 10.1 Å². The molecule has 0 aliphatic heterocycles. The van der Waals surface area contributed by atoms with Gasteiger partial charge >= 0.3 is 0 Å². The van der Waals surface area contributed by atoms with Gasteiger partial charge in [0.05, 0.1) is 19.2 Å². The number of nitrogens with zero attached hydrogens (tertiary/aromatic N) is 1. The first-order chi connectivity index (χ1) is 11.5. The van der Waals surface area contributed by atoms with Gasteiger partial charge in [-0.2, -0.15) is 0 Å². The monoisotopic (exact) mass is 344 g/mol. The van der Waals surface area contributed by atoms with Gasteiger partial charge in [0.15, 0.2) is 5.58 Å². The predicted molar refractivity (Wildman–Crippen MR) is 93.8 cm³/mol. The van der Waals surface area contributed by atoms with Crippen LogP contribution >= 0.6 is 11.6 Å². The molecule has 3 aromatic rings. The van der Waals surface area contributed by atoms with Gasteiger partial charge in [-0.1, -0.05) is 28.4 Å². The number of amides is 1. The lowest BCUT2D eigenvalue weighted by molar-refractivity contribution is -0.115. The third-order valence-corrected chi connectivity index (χ3v) is 4.19. The molecule has 6 heteroatoms. The van der Waals surface area contributed by atoms with Crippen molar-refractivity contribution < 1.29 is 14.1 Å². The molecule has 0 atom stereocenters. The van der Waals surface area contributed by atoms with E-state index in [1.54, 1.807) is 12.1 Å². The number of carbonyl (C=O) groups excluding carboxylic acids is 1. The Labute approximate surface area is 144 Å². The van der Waals surface area contributed by atoms with Crippen molar-refractivity contribution in [2.45, 2.75) is 20.3 Å². The molecule has 0 saturated carbocycles. The number of benzene rings is 2. The quantitative estimate of drug-likeness (QED) is 0.766. The molecule has 0 bridgehead atoms. The lowest BCUT2D eigenvalue weighted by atomic mass is 10.1. The number of anilines is 1. The second-order valence-corrected chi connectivity index (χ2v) is 6.06. The van der Waals surface area contributed by atoms with Gasteiger partial charge in [-0.05, 0) is 37.6 Å². The van der Waals surface area contributed by atoms with Crippen LogP contribution in [-0.4, -0.2) is 18.2 Å². The van der Waals surface area contributed by atoms with E-state index >= 15 is 0 Å². The number of methoxy groups -OCH3 is 1. The van der Waals surface area contributed by atoms with Crippen LogP contribution in [-0.2, 0) is 11.2 Å². The molecule has 0 radical (unpaired) electrons. The van der Waals surface area contributed by atoms with Crippen LogP contribution in [0.4, 0.5) is 5.69 Å². The Hall–Kier alpha value is -2.53. The largest absolute Gasteiger partial charge is 0.495 e. The average molecular weight is 345 g/mol. The molecular formula is C18H17ClN2O3. The molecule has 0 saturated heterocycles. The number of halogens is 1. The third kappa shape index (κ3) is 3.21. The molecule has 2 aromatic carbocycles. The van der Waals surface area contributed by atoms with Crippen molar-refractivity contribution >= 4 is 34.2 Å². The zero-order valence-electron chi connectivity index (χ0n) is 13.6. The first kappa shape index (κ1) is 16.3. The number of nitrogens with one attached hydrogen (secondary N) is 1. The number of fused-ring (bicyclic) bond motifs is 1. The number of rotatable bonds is 4. The number of hydrogen-bond donors (Lipinski definition) is 1. The minimum absolute atomic E-state index is 0.112. The highest BCUT2D eigenvalue weighted by molar-refractivity contribution is 6.31. The van der Waals surface area contributed by atoms with Gasteiger partial charge in [0.1, 0.15) is 11.4 Å². The maximum Gasteiger partial charge on any atom is 0.230 e. The van der Waals surface area contributed by atoms with E-state index in [0.29, 0.717) is 27.7 Å². The van der Waals surface area contributed by atoms with Crippen LogP contribution in [0.2, 0.25) is 5.02 Å². The van der Waals surface area contributed by atoms with Crippen LogP contribution in [0.1, 0.15) is 16.8 Å². The molecule has 0 spiro atoms. The van der Waals surface area contributed by atoms with Crippen LogP contribution in [0, 0.1) is 13.8 Å². The highest BCUT2D eigenvalue weighted by Gasteiger charge is 2.15. The van der Waals surface area contributed by atoms with E-state index in [1.807, 2.05) is 32.0 Å². The molecule has 0 aliphatic rings. The summed E-state index contributed by atoms with van der Waals surface area (Å²) in [5.74, 6) is 0.312. The summed E-state index contributed by atoms with van der Waals surface area (Å²) in [5, 5.41) is 8.28. The highest BCUT2D eigenvalue weighted by atomic mass is 35.5. The standard InChI is InChI=1S/C18H17ClN2O3/c1-10-4-5-16-12(6-10)14(21-24-16)9-18(22)20-15-7-11(2)13(19)8-17(15)23-3/h4-8H,9H2,1-3H3,(H,20,22). The first-order valence-electron chi connectivity index (χ1n) is 7.47. The molecular weight excluding hydrogens is 328 g/mol. The Balaban J connectivity index is 1.83. The Kier molecular flexibility index (Phi) is 4.44. The summed E-state index contributed by atoms with van der Waals surface area (Å²) >= 11 is 6.08. The molecule has 1 aromatic heterocycles. The summed E-state index contributed by atoms with van der Waals surface area (Å²) in [6, 6.07) is 9.22. The predicted octanol–water partition coefficient (Wildman–Crippen LogP) is 4.29. The number of hydrogen-bond acceptors (Lipinski definition) is 4. The van der Waals surface area contributed by atoms with Crippen molar-refractivity contribution in [1.29, 1.82) is 0 Å².